The predicted octanol–water partition coefficient (Wildman–Crippen LogP) is 1.31. The molecule has 0 amide bonds. The van der Waals surface area contributed by atoms with E-state index in [4.69, 9.17) is 11.6 Å². The number of hydrogen-bond donors (Lipinski definition) is 0. The Bertz CT molecular complexity index is 286. The maximum atomic E-state index is 13.2. The molecule has 2 atom stereocenters. The standard InChI is InChI=1S/C7H4ClFO2/c8-5(10)6-3-1-2-4-7(6,9)11-6/h1-4H. The van der Waals surface area contributed by atoms with Crippen LogP contribution in [0, 0.1) is 0 Å². The van der Waals surface area contributed by atoms with E-state index >= 15 is 0 Å². The number of ether oxygens (including phenoxy) is 1. The third-order valence-corrected chi connectivity index (χ3v) is 2.10. The first-order valence-corrected chi connectivity index (χ1v) is 3.45. The van der Waals surface area contributed by atoms with E-state index in [1.807, 2.05) is 0 Å². The third-order valence-electron chi connectivity index (χ3n) is 1.82. The Morgan fingerprint density at radius 3 is 2.55 bits per heavy atom. The first-order chi connectivity index (χ1) is 5.11. The van der Waals surface area contributed by atoms with Gasteiger partial charge in [-0.2, -0.15) is 0 Å². The third kappa shape index (κ3) is 0.671. The lowest BCUT2D eigenvalue weighted by atomic mass is 10.0. The molecule has 1 heterocycles. The fourth-order valence-corrected chi connectivity index (χ4v) is 1.35. The van der Waals surface area contributed by atoms with Gasteiger partial charge in [0.25, 0.3) is 11.1 Å². The van der Waals surface area contributed by atoms with Gasteiger partial charge >= 0.3 is 0 Å². The van der Waals surface area contributed by atoms with E-state index in [2.05, 4.69) is 4.74 Å². The molecule has 1 fully saturated rings. The van der Waals surface area contributed by atoms with Crippen LogP contribution in [0.1, 0.15) is 0 Å². The van der Waals surface area contributed by atoms with Crippen molar-refractivity contribution in [2.45, 2.75) is 11.5 Å². The van der Waals surface area contributed by atoms with E-state index in [9.17, 15) is 9.18 Å². The molecular weight excluding hydrogens is 171 g/mol. The summed E-state index contributed by atoms with van der Waals surface area (Å²) in [5.74, 6) is -1.99. The Labute approximate surface area is 67.3 Å². The second-order valence-corrected chi connectivity index (χ2v) is 2.82. The minimum atomic E-state index is -1.99. The van der Waals surface area contributed by atoms with Crippen LogP contribution in [0.15, 0.2) is 24.3 Å². The molecule has 0 aromatic rings. The summed E-state index contributed by atoms with van der Waals surface area (Å²) in [5, 5.41) is -0.819. The van der Waals surface area contributed by atoms with Crippen molar-refractivity contribution < 1.29 is 13.9 Å². The quantitative estimate of drug-likeness (QED) is 0.443. The summed E-state index contributed by atoms with van der Waals surface area (Å²) < 4.78 is 17.8. The Kier molecular flexibility index (Phi) is 1.10. The average molecular weight is 175 g/mol. The summed E-state index contributed by atoms with van der Waals surface area (Å²) in [6.07, 6.45) is 5.51. The zero-order valence-corrected chi connectivity index (χ0v) is 6.14. The van der Waals surface area contributed by atoms with Crippen molar-refractivity contribution in [1.82, 2.24) is 0 Å². The SMILES string of the molecule is O=C(Cl)C12C=CC=CC1(F)O2. The fourth-order valence-electron chi connectivity index (χ4n) is 1.12. The highest BCUT2D eigenvalue weighted by molar-refractivity contribution is 6.66. The molecule has 1 aliphatic heterocycles. The zero-order chi connectivity index (χ0) is 8.11. The summed E-state index contributed by atoms with van der Waals surface area (Å²) in [6.45, 7) is 0. The van der Waals surface area contributed by atoms with Gasteiger partial charge in [0, 0.05) is 0 Å². The van der Waals surface area contributed by atoms with Gasteiger partial charge in [0.1, 0.15) is 0 Å². The van der Waals surface area contributed by atoms with Gasteiger partial charge in [0.05, 0.1) is 0 Å². The van der Waals surface area contributed by atoms with Gasteiger partial charge < -0.3 is 4.74 Å². The second-order valence-electron chi connectivity index (χ2n) is 2.47. The minimum Gasteiger partial charge on any atom is -0.313 e. The van der Waals surface area contributed by atoms with Gasteiger partial charge in [-0.25, -0.2) is 4.39 Å². The highest BCUT2D eigenvalue weighted by Gasteiger charge is 2.74. The molecule has 58 valence electrons. The lowest BCUT2D eigenvalue weighted by Gasteiger charge is -2.03. The number of carbonyl (C=O) groups excluding carboxylic acids is 1. The lowest BCUT2D eigenvalue weighted by molar-refractivity contribution is -0.114. The van der Waals surface area contributed by atoms with E-state index in [0.29, 0.717) is 0 Å². The number of rotatable bonds is 1. The summed E-state index contributed by atoms with van der Waals surface area (Å²) >= 11 is 5.14. The van der Waals surface area contributed by atoms with Gasteiger partial charge in [-0.3, -0.25) is 4.79 Å². The van der Waals surface area contributed by atoms with Crippen molar-refractivity contribution in [1.29, 1.82) is 0 Å². The van der Waals surface area contributed by atoms with Crippen LogP contribution < -0.4 is 0 Å². The number of halogens is 2. The number of alkyl halides is 1. The number of allylic oxidation sites excluding steroid dienone is 2. The van der Waals surface area contributed by atoms with Gasteiger partial charge in [-0.15, -0.1) is 0 Å². The minimum absolute atomic E-state index is 0.819. The van der Waals surface area contributed by atoms with Crippen LogP contribution in [0.3, 0.4) is 0 Å². The normalized spacial score (nSPS) is 45.3. The van der Waals surface area contributed by atoms with Crippen LogP contribution in [0.2, 0.25) is 0 Å². The van der Waals surface area contributed by atoms with Gasteiger partial charge in [0.15, 0.2) is 0 Å². The molecule has 1 saturated heterocycles. The maximum Gasteiger partial charge on any atom is 0.272 e. The van der Waals surface area contributed by atoms with Crippen molar-refractivity contribution in [2.24, 2.45) is 0 Å². The van der Waals surface area contributed by atoms with Crippen molar-refractivity contribution >= 4 is 16.8 Å². The molecular formula is C7H4ClFO2. The Morgan fingerprint density at radius 2 is 2.09 bits per heavy atom. The van der Waals surface area contributed by atoms with Crippen LogP contribution in [0.25, 0.3) is 0 Å². The van der Waals surface area contributed by atoms with E-state index in [0.717, 1.165) is 0 Å². The molecule has 2 unspecified atom stereocenters. The molecule has 2 aliphatic rings. The first-order valence-electron chi connectivity index (χ1n) is 3.07. The summed E-state index contributed by atoms with van der Waals surface area (Å²) in [6, 6.07) is 0. The highest BCUT2D eigenvalue weighted by Crippen LogP contribution is 2.54. The molecule has 1 aliphatic carbocycles. The van der Waals surface area contributed by atoms with Crippen molar-refractivity contribution in [3.8, 4) is 0 Å². The van der Waals surface area contributed by atoms with Gasteiger partial charge in [0.2, 0.25) is 5.60 Å². The summed E-state index contributed by atoms with van der Waals surface area (Å²) in [5.41, 5.74) is -1.52. The van der Waals surface area contributed by atoms with Crippen LogP contribution in [0.5, 0.6) is 0 Å². The topological polar surface area (TPSA) is 29.6 Å². The van der Waals surface area contributed by atoms with Crippen LogP contribution in [-0.4, -0.2) is 16.7 Å². The van der Waals surface area contributed by atoms with Crippen LogP contribution in [-0.2, 0) is 9.53 Å². The second kappa shape index (κ2) is 1.73. The predicted molar refractivity (Wildman–Crippen MR) is 36.8 cm³/mol. The van der Waals surface area contributed by atoms with Crippen molar-refractivity contribution in [3.63, 3.8) is 0 Å². The van der Waals surface area contributed by atoms with Crippen LogP contribution in [0.4, 0.5) is 4.39 Å². The van der Waals surface area contributed by atoms with E-state index in [1.54, 1.807) is 0 Å². The molecule has 0 N–H and O–H groups in total. The molecule has 4 heteroatoms. The zero-order valence-electron chi connectivity index (χ0n) is 5.38. The van der Waals surface area contributed by atoms with Crippen molar-refractivity contribution in [2.75, 3.05) is 0 Å². The van der Waals surface area contributed by atoms with E-state index in [1.165, 1.54) is 24.3 Å². The number of hydrogen-bond acceptors (Lipinski definition) is 2. The highest BCUT2D eigenvalue weighted by atomic mass is 35.5. The number of carbonyl (C=O) groups is 1. The molecule has 11 heavy (non-hydrogen) atoms. The largest absolute Gasteiger partial charge is 0.313 e. The Morgan fingerprint density at radius 1 is 1.45 bits per heavy atom. The van der Waals surface area contributed by atoms with E-state index < -0.39 is 16.7 Å². The first kappa shape index (κ1) is 7.00. The fraction of sp³-hybridized carbons (Fsp3) is 0.286. The monoisotopic (exact) mass is 174 g/mol. The lowest BCUT2D eigenvalue weighted by Crippen LogP contribution is -2.26. The van der Waals surface area contributed by atoms with Crippen molar-refractivity contribution in [3.05, 3.63) is 24.3 Å². The van der Waals surface area contributed by atoms with E-state index in [-0.39, 0.29) is 0 Å². The molecule has 0 saturated carbocycles. The molecule has 0 aromatic heterocycles. The Hall–Kier alpha value is -0.670. The molecule has 0 spiro atoms. The number of fused-ring (bicyclic) bond motifs is 1. The molecule has 0 aromatic carbocycles. The summed E-state index contributed by atoms with van der Waals surface area (Å²) in [7, 11) is 0. The molecule has 2 nitrogen and oxygen atoms in total. The molecule has 0 radical (unpaired) electrons. The smallest absolute Gasteiger partial charge is 0.272 e. The summed E-state index contributed by atoms with van der Waals surface area (Å²) in [4.78, 5) is 10.7. The average Bonchev–Trinajstić information content (AvgIpc) is 2.56. The van der Waals surface area contributed by atoms with Gasteiger partial charge in [-0.05, 0) is 23.8 Å². The Balaban J connectivity index is 2.41. The molecule has 0 bridgehead atoms. The maximum absolute atomic E-state index is 13.2. The van der Waals surface area contributed by atoms with Gasteiger partial charge in [-0.1, -0.05) is 12.2 Å². The van der Waals surface area contributed by atoms with Crippen LogP contribution >= 0.6 is 11.6 Å². The number of epoxide rings is 1. The molecule has 2 rings (SSSR count).